The molecule has 1 aliphatic rings. The minimum atomic E-state index is -0.0305. The van der Waals surface area contributed by atoms with Gasteiger partial charge in [-0.2, -0.15) is 0 Å². The maximum atomic E-state index is 12.7. The molecule has 0 saturated carbocycles. The van der Waals surface area contributed by atoms with E-state index in [-0.39, 0.29) is 23.9 Å². The SMILES string of the molecule is CCC(NC(=O)C1CCN(C(=O)N(CC)CC)CC1)c1ccc(Cl)cc1. The third-order valence-electron chi connectivity index (χ3n) is 5.17. The summed E-state index contributed by atoms with van der Waals surface area (Å²) in [6, 6.07) is 7.70. The number of hydrogen-bond donors (Lipinski definition) is 1. The molecule has 5 nitrogen and oxygen atoms in total. The summed E-state index contributed by atoms with van der Waals surface area (Å²) in [6.07, 6.45) is 2.26. The molecule has 1 fully saturated rings. The molecule has 1 saturated heterocycles. The predicted octanol–water partition coefficient (Wildman–Crippen LogP) is 4.08. The van der Waals surface area contributed by atoms with Gasteiger partial charge in [0.15, 0.2) is 0 Å². The Hall–Kier alpha value is -1.75. The Morgan fingerprint density at radius 2 is 1.73 bits per heavy atom. The summed E-state index contributed by atoms with van der Waals surface area (Å²) in [5.41, 5.74) is 1.07. The van der Waals surface area contributed by atoms with Crippen molar-refractivity contribution in [2.75, 3.05) is 26.2 Å². The van der Waals surface area contributed by atoms with Crippen LogP contribution in [0.3, 0.4) is 0 Å². The van der Waals surface area contributed by atoms with Crippen LogP contribution in [0.5, 0.6) is 0 Å². The van der Waals surface area contributed by atoms with Crippen LogP contribution in [0.25, 0.3) is 0 Å². The van der Waals surface area contributed by atoms with E-state index >= 15 is 0 Å². The first kappa shape index (κ1) is 20.6. The van der Waals surface area contributed by atoms with E-state index in [1.54, 1.807) is 0 Å². The van der Waals surface area contributed by atoms with Gasteiger partial charge in [-0.1, -0.05) is 30.7 Å². The van der Waals surface area contributed by atoms with Crippen LogP contribution < -0.4 is 5.32 Å². The fraction of sp³-hybridized carbons (Fsp3) is 0.600. The lowest BCUT2D eigenvalue weighted by Crippen LogP contribution is -2.48. The molecular formula is C20H30ClN3O2. The van der Waals surface area contributed by atoms with E-state index in [9.17, 15) is 9.59 Å². The summed E-state index contributed by atoms with van der Waals surface area (Å²) < 4.78 is 0. The highest BCUT2D eigenvalue weighted by atomic mass is 35.5. The Balaban J connectivity index is 1.89. The van der Waals surface area contributed by atoms with E-state index in [0.717, 1.165) is 37.9 Å². The van der Waals surface area contributed by atoms with Crippen molar-refractivity contribution in [3.8, 4) is 0 Å². The summed E-state index contributed by atoms with van der Waals surface area (Å²) in [6.45, 7) is 8.76. The lowest BCUT2D eigenvalue weighted by molar-refractivity contribution is -0.127. The highest BCUT2D eigenvalue weighted by molar-refractivity contribution is 6.30. The van der Waals surface area contributed by atoms with E-state index in [1.165, 1.54) is 0 Å². The number of halogens is 1. The molecule has 0 radical (unpaired) electrons. The van der Waals surface area contributed by atoms with Gasteiger partial charge in [-0.05, 0) is 50.8 Å². The van der Waals surface area contributed by atoms with Gasteiger partial charge in [0.25, 0.3) is 0 Å². The Morgan fingerprint density at radius 3 is 2.23 bits per heavy atom. The second kappa shape index (κ2) is 9.81. The van der Waals surface area contributed by atoms with E-state index in [0.29, 0.717) is 18.1 Å². The third kappa shape index (κ3) is 5.13. The first-order valence-electron chi connectivity index (χ1n) is 9.59. The summed E-state index contributed by atoms with van der Waals surface area (Å²) >= 11 is 5.95. The minimum absolute atomic E-state index is 0.00453. The van der Waals surface area contributed by atoms with E-state index in [2.05, 4.69) is 12.2 Å². The Morgan fingerprint density at radius 1 is 1.15 bits per heavy atom. The summed E-state index contributed by atoms with van der Waals surface area (Å²) in [7, 11) is 0. The molecule has 1 N–H and O–H groups in total. The second-order valence-electron chi connectivity index (χ2n) is 6.74. The number of benzene rings is 1. The van der Waals surface area contributed by atoms with Crippen LogP contribution in [0, 0.1) is 5.92 Å². The predicted molar refractivity (Wildman–Crippen MR) is 105 cm³/mol. The average Bonchev–Trinajstić information content (AvgIpc) is 2.67. The number of likely N-dealkylation sites (tertiary alicyclic amines) is 1. The Kier molecular flexibility index (Phi) is 7.76. The quantitative estimate of drug-likeness (QED) is 0.809. The van der Waals surface area contributed by atoms with Gasteiger partial charge >= 0.3 is 6.03 Å². The molecule has 144 valence electrons. The van der Waals surface area contributed by atoms with Crippen molar-refractivity contribution in [2.24, 2.45) is 5.92 Å². The number of carbonyl (C=O) groups is 2. The largest absolute Gasteiger partial charge is 0.349 e. The van der Waals surface area contributed by atoms with Crippen molar-refractivity contribution >= 4 is 23.5 Å². The van der Waals surface area contributed by atoms with Crippen molar-refractivity contribution in [2.45, 2.75) is 46.1 Å². The van der Waals surface area contributed by atoms with Gasteiger partial charge in [0.1, 0.15) is 0 Å². The molecule has 0 bridgehead atoms. The third-order valence-corrected chi connectivity index (χ3v) is 5.42. The summed E-state index contributed by atoms with van der Waals surface area (Å²) in [5, 5.41) is 3.86. The van der Waals surface area contributed by atoms with Gasteiger partial charge in [0.05, 0.1) is 6.04 Å². The average molecular weight is 380 g/mol. The number of nitrogens with one attached hydrogen (secondary N) is 1. The van der Waals surface area contributed by atoms with E-state index in [1.807, 2.05) is 47.9 Å². The lowest BCUT2D eigenvalue weighted by atomic mass is 9.94. The highest BCUT2D eigenvalue weighted by Gasteiger charge is 2.29. The van der Waals surface area contributed by atoms with Crippen LogP contribution >= 0.6 is 11.6 Å². The summed E-state index contributed by atoms with van der Waals surface area (Å²) in [5.74, 6) is 0.0545. The number of hydrogen-bond acceptors (Lipinski definition) is 2. The van der Waals surface area contributed by atoms with E-state index < -0.39 is 0 Å². The van der Waals surface area contributed by atoms with Gasteiger partial charge in [-0.3, -0.25) is 4.79 Å². The number of carbonyl (C=O) groups excluding carboxylic acids is 2. The standard InChI is InChI=1S/C20H30ClN3O2/c1-4-18(15-7-9-17(21)10-8-15)22-19(25)16-11-13-24(14-12-16)20(26)23(5-2)6-3/h7-10,16,18H,4-6,11-14H2,1-3H3,(H,22,25). The molecular weight excluding hydrogens is 350 g/mol. The van der Waals surface area contributed by atoms with E-state index in [4.69, 9.17) is 11.6 Å². The van der Waals surface area contributed by atoms with Crippen LogP contribution in [0.2, 0.25) is 5.02 Å². The molecule has 0 aromatic heterocycles. The zero-order chi connectivity index (χ0) is 19.1. The van der Waals surface area contributed by atoms with Gasteiger partial charge in [0, 0.05) is 37.1 Å². The highest BCUT2D eigenvalue weighted by Crippen LogP contribution is 2.23. The number of amides is 3. The molecule has 3 amide bonds. The molecule has 26 heavy (non-hydrogen) atoms. The van der Waals surface area contributed by atoms with Crippen LogP contribution in [-0.4, -0.2) is 47.9 Å². The first-order chi connectivity index (χ1) is 12.5. The van der Waals surface area contributed by atoms with Crippen molar-refractivity contribution in [1.82, 2.24) is 15.1 Å². The topological polar surface area (TPSA) is 52.7 Å². The van der Waals surface area contributed by atoms with Gasteiger partial charge in [-0.25, -0.2) is 4.79 Å². The smallest absolute Gasteiger partial charge is 0.319 e. The maximum absolute atomic E-state index is 12.7. The van der Waals surface area contributed by atoms with Crippen LogP contribution in [0.4, 0.5) is 4.79 Å². The Bertz CT molecular complexity index is 594. The number of rotatable bonds is 6. The molecule has 1 aromatic rings. The van der Waals surface area contributed by atoms with Gasteiger partial charge < -0.3 is 15.1 Å². The first-order valence-corrected chi connectivity index (χ1v) is 9.97. The van der Waals surface area contributed by atoms with Gasteiger partial charge in [0.2, 0.25) is 5.91 Å². The minimum Gasteiger partial charge on any atom is -0.349 e. The van der Waals surface area contributed by atoms with Crippen molar-refractivity contribution in [1.29, 1.82) is 0 Å². The van der Waals surface area contributed by atoms with Crippen LogP contribution in [-0.2, 0) is 4.79 Å². The second-order valence-corrected chi connectivity index (χ2v) is 7.17. The number of piperidine rings is 1. The normalized spacial score (nSPS) is 16.2. The molecule has 1 heterocycles. The monoisotopic (exact) mass is 379 g/mol. The van der Waals surface area contributed by atoms with Crippen molar-refractivity contribution < 1.29 is 9.59 Å². The summed E-state index contributed by atoms with van der Waals surface area (Å²) in [4.78, 5) is 28.8. The molecule has 1 aliphatic heterocycles. The van der Waals surface area contributed by atoms with Crippen LogP contribution in [0.15, 0.2) is 24.3 Å². The number of urea groups is 1. The molecule has 0 aliphatic carbocycles. The molecule has 0 spiro atoms. The molecule has 6 heteroatoms. The molecule has 1 aromatic carbocycles. The maximum Gasteiger partial charge on any atom is 0.319 e. The zero-order valence-electron chi connectivity index (χ0n) is 16.0. The fourth-order valence-electron chi connectivity index (χ4n) is 3.43. The van der Waals surface area contributed by atoms with Crippen molar-refractivity contribution in [3.05, 3.63) is 34.9 Å². The lowest BCUT2D eigenvalue weighted by Gasteiger charge is -2.35. The molecule has 1 unspecified atom stereocenters. The molecule has 1 atom stereocenters. The van der Waals surface area contributed by atoms with Gasteiger partial charge in [-0.15, -0.1) is 0 Å². The molecule has 2 rings (SSSR count). The zero-order valence-corrected chi connectivity index (χ0v) is 16.8. The number of nitrogens with zero attached hydrogens (tertiary/aromatic N) is 2. The van der Waals surface area contributed by atoms with Crippen LogP contribution in [0.1, 0.15) is 51.6 Å². The van der Waals surface area contributed by atoms with Crippen molar-refractivity contribution in [3.63, 3.8) is 0 Å². The fourth-order valence-corrected chi connectivity index (χ4v) is 3.56. The Labute approximate surface area is 161 Å².